The van der Waals surface area contributed by atoms with Crippen LogP contribution in [0.4, 0.5) is 0 Å². The maximum atomic E-state index is 6.09. The number of hydrogen-bond acceptors (Lipinski definition) is 1. The fraction of sp³-hybridized carbons (Fsp3) is 0.571. The molecule has 0 radical (unpaired) electrons. The van der Waals surface area contributed by atoms with E-state index in [9.17, 15) is 0 Å². The lowest BCUT2D eigenvalue weighted by Gasteiger charge is -2.42. The van der Waals surface area contributed by atoms with E-state index < -0.39 is 0 Å². The van der Waals surface area contributed by atoms with Crippen molar-refractivity contribution in [2.45, 2.75) is 37.5 Å². The maximum Gasteiger partial charge on any atom is 0.0408 e. The molecule has 0 aromatic heterocycles. The molecule has 0 saturated carbocycles. The monoisotopic (exact) mass is 235 g/mol. The van der Waals surface area contributed by atoms with Crippen molar-refractivity contribution in [3.63, 3.8) is 0 Å². The molecule has 1 fully saturated rings. The molecule has 1 N–H and O–H groups in total. The van der Waals surface area contributed by atoms with Gasteiger partial charge in [0.2, 0.25) is 0 Å². The Morgan fingerprint density at radius 2 is 2.06 bits per heavy atom. The van der Waals surface area contributed by atoms with E-state index in [1.54, 1.807) is 5.56 Å². The van der Waals surface area contributed by atoms with Gasteiger partial charge in [0.15, 0.2) is 0 Å². The number of hydrogen-bond donors (Lipinski definition) is 1. The van der Waals surface area contributed by atoms with Crippen molar-refractivity contribution in [3.05, 3.63) is 34.3 Å². The van der Waals surface area contributed by atoms with Gasteiger partial charge in [0, 0.05) is 17.0 Å². The van der Waals surface area contributed by atoms with Crippen molar-refractivity contribution >= 4 is 11.6 Å². The molecule has 2 heteroatoms. The molecule has 16 heavy (non-hydrogen) atoms. The summed E-state index contributed by atoms with van der Waals surface area (Å²) in [6.07, 6.45) is 6.51. The fourth-order valence-electron chi connectivity index (χ4n) is 3.45. The van der Waals surface area contributed by atoms with Gasteiger partial charge in [-0.15, -0.1) is 0 Å². The second kappa shape index (κ2) is 4.05. The van der Waals surface area contributed by atoms with E-state index in [-0.39, 0.29) is 0 Å². The zero-order valence-corrected chi connectivity index (χ0v) is 10.3. The van der Waals surface area contributed by atoms with E-state index in [1.807, 2.05) is 0 Å². The van der Waals surface area contributed by atoms with Crippen LogP contribution in [0.5, 0.6) is 0 Å². The standard InChI is InChI=1S/C14H18ClN/c15-12-4-5-13-11(9-12)3-1-6-14(13)7-2-8-16-10-14/h4-5,9,16H,1-3,6-8,10H2. The first kappa shape index (κ1) is 10.6. The van der Waals surface area contributed by atoms with Crippen LogP contribution in [-0.2, 0) is 11.8 Å². The van der Waals surface area contributed by atoms with Crippen molar-refractivity contribution in [2.24, 2.45) is 0 Å². The third kappa shape index (κ3) is 1.66. The average molecular weight is 236 g/mol. The summed E-state index contributed by atoms with van der Waals surface area (Å²) in [5, 5.41) is 4.46. The van der Waals surface area contributed by atoms with Crippen LogP contribution < -0.4 is 5.32 Å². The van der Waals surface area contributed by atoms with Gasteiger partial charge in [0.25, 0.3) is 0 Å². The van der Waals surface area contributed by atoms with Gasteiger partial charge in [-0.3, -0.25) is 0 Å². The number of fused-ring (bicyclic) bond motifs is 2. The van der Waals surface area contributed by atoms with Crippen LogP contribution in [-0.4, -0.2) is 13.1 Å². The molecule has 2 aliphatic rings. The van der Waals surface area contributed by atoms with Crippen LogP contribution in [0, 0.1) is 0 Å². The second-order valence-electron chi connectivity index (χ2n) is 5.22. The number of benzene rings is 1. The number of nitrogens with one attached hydrogen (secondary N) is 1. The first-order valence-corrected chi connectivity index (χ1v) is 6.68. The van der Waals surface area contributed by atoms with Crippen molar-refractivity contribution in [3.8, 4) is 0 Å². The summed E-state index contributed by atoms with van der Waals surface area (Å²) in [7, 11) is 0. The van der Waals surface area contributed by atoms with Crippen LogP contribution in [0.3, 0.4) is 0 Å². The zero-order chi connectivity index (χ0) is 11.0. The first-order valence-electron chi connectivity index (χ1n) is 6.30. The van der Waals surface area contributed by atoms with Gasteiger partial charge in [0.05, 0.1) is 0 Å². The fourth-order valence-corrected chi connectivity index (χ4v) is 3.64. The molecule has 1 atom stereocenters. The van der Waals surface area contributed by atoms with E-state index in [2.05, 4.69) is 23.5 Å². The van der Waals surface area contributed by atoms with Gasteiger partial charge in [-0.05, 0) is 61.9 Å². The van der Waals surface area contributed by atoms with Gasteiger partial charge >= 0.3 is 0 Å². The Balaban J connectivity index is 2.04. The third-order valence-electron chi connectivity index (χ3n) is 4.21. The van der Waals surface area contributed by atoms with Crippen LogP contribution >= 0.6 is 11.6 Å². The van der Waals surface area contributed by atoms with Gasteiger partial charge in [0.1, 0.15) is 0 Å². The summed E-state index contributed by atoms with van der Waals surface area (Å²) in [4.78, 5) is 0. The molecule has 1 spiro atoms. The lowest BCUT2D eigenvalue weighted by Crippen LogP contribution is -2.45. The molecule has 1 saturated heterocycles. The van der Waals surface area contributed by atoms with E-state index in [1.165, 1.54) is 44.2 Å². The molecular weight excluding hydrogens is 218 g/mol. The lowest BCUT2D eigenvalue weighted by molar-refractivity contribution is 0.273. The molecule has 1 unspecified atom stereocenters. The minimum absolute atomic E-state index is 0.413. The maximum absolute atomic E-state index is 6.09. The third-order valence-corrected chi connectivity index (χ3v) is 4.45. The highest BCUT2D eigenvalue weighted by atomic mass is 35.5. The quantitative estimate of drug-likeness (QED) is 0.728. The Morgan fingerprint density at radius 1 is 1.19 bits per heavy atom. The summed E-state index contributed by atoms with van der Waals surface area (Å²) in [5.41, 5.74) is 3.47. The summed E-state index contributed by atoms with van der Waals surface area (Å²) < 4.78 is 0. The van der Waals surface area contributed by atoms with Crippen LogP contribution in [0.25, 0.3) is 0 Å². The lowest BCUT2D eigenvalue weighted by atomic mass is 9.66. The Bertz CT molecular complexity index is 394. The van der Waals surface area contributed by atoms with Crippen LogP contribution in [0.2, 0.25) is 5.02 Å². The van der Waals surface area contributed by atoms with Crippen molar-refractivity contribution in [2.75, 3.05) is 13.1 Å². The molecule has 1 aliphatic carbocycles. The highest BCUT2D eigenvalue weighted by Crippen LogP contribution is 2.42. The molecule has 0 amide bonds. The molecular formula is C14H18ClN. The minimum Gasteiger partial charge on any atom is -0.316 e. The molecule has 3 rings (SSSR count). The van der Waals surface area contributed by atoms with Crippen molar-refractivity contribution < 1.29 is 0 Å². The number of rotatable bonds is 0. The minimum atomic E-state index is 0.413. The Morgan fingerprint density at radius 3 is 2.88 bits per heavy atom. The van der Waals surface area contributed by atoms with Gasteiger partial charge in [-0.25, -0.2) is 0 Å². The van der Waals surface area contributed by atoms with Crippen LogP contribution in [0.1, 0.15) is 36.8 Å². The van der Waals surface area contributed by atoms with E-state index in [0.29, 0.717) is 5.41 Å². The average Bonchev–Trinajstić information content (AvgIpc) is 2.30. The predicted molar refractivity (Wildman–Crippen MR) is 68.2 cm³/mol. The van der Waals surface area contributed by atoms with Gasteiger partial charge in [-0.2, -0.15) is 0 Å². The van der Waals surface area contributed by atoms with E-state index >= 15 is 0 Å². The topological polar surface area (TPSA) is 12.0 Å². The second-order valence-corrected chi connectivity index (χ2v) is 5.65. The van der Waals surface area contributed by atoms with Crippen LogP contribution in [0.15, 0.2) is 18.2 Å². The molecule has 1 nitrogen and oxygen atoms in total. The first-order chi connectivity index (χ1) is 7.80. The zero-order valence-electron chi connectivity index (χ0n) is 9.56. The van der Waals surface area contributed by atoms with Gasteiger partial charge in [-0.1, -0.05) is 17.7 Å². The highest BCUT2D eigenvalue weighted by molar-refractivity contribution is 6.30. The van der Waals surface area contributed by atoms with Gasteiger partial charge < -0.3 is 5.32 Å². The smallest absolute Gasteiger partial charge is 0.0408 e. The largest absolute Gasteiger partial charge is 0.316 e. The Kier molecular flexibility index (Phi) is 2.68. The summed E-state index contributed by atoms with van der Waals surface area (Å²) in [6, 6.07) is 6.50. The summed E-state index contributed by atoms with van der Waals surface area (Å²) >= 11 is 6.09. The molecule has 1 aliphatic heterocycles. The molecule has 1 heterocycles. The normalized spacial score (nSPS) is 29.1. The van der Waals surface area contributed by atoms with E-state index in [4.69, 9.17) is 11.6 Å². The number of piperidine rings is 1. The predicted octanol–water partition coefficient (Wildman–Crippen LogP) is 3.30. The summed E-state index contributed by atoms with van der Waals surface area (Å²) in [6.45, 7) is 2.34. The van der Waals surface area contributed by atoms with E-state index in [0.717, 1.165) is 11.6 Å². The van der Waals surface area contributed by atoms with Crippen molar-refractivity contribution in [1.82, 2.24) is 5.32 Å². The Labute approximate surface area is 102 Å². The molecule has 1 aromatic rings. The van der Waals surface area contributed by atoms with Crippen molar-refractivity contribution in [1.29, 1.82) is 0 Å². The number of aryl methyl sites for hydroxylation is 1. The number of halogens is 1. The molecule has 0 bridgehead atoms. The highest BCUT2D eigenvalue weighted by Gasteiger charge is 2.37. The molecule has 1 aromatic carbocycles. The summed E-state index contributed by atoms with van der Waals surface area (Å²) in [5.74, 6) is 0. The SMILES string of the molecule is Clc1ccc2c(c1)CCCC21CCCNC1. The molecule has 86 valence electrons. The Hall–Kier alpha value is -0.530.